The molecule has 0 aliphatic heterocycles. The van der Waals surface area contributed by atoms with Crippen molar-refractivity contribution in [2.45, 2.75) is 39.3 Å². The fourth-order valence-electron chi connectivity index (χ4n) is 8.08. The average molecular weight is 916 g/mol. The molecule has 0 radical (unpaired) electrons. The van der Waals surface area contributed by atoms with Crippen molar-refractivity contribution in [3.05, 3.63) is 185 Å². The Hall–Kier alpha value is -3.94. The van der Waals surface area contributed by atoms with Crippen LogP contribution >= 0.6 is 0 Å². The van der Waals surface area contributed by atoms with Crippen LogP contribution in [0.5, 0.6) is 0 Å². The molecule has 0 saturated carbocycles. The molecule has 0 heterocycles. The van der Waals surface area contributed by atoms with E-state index in [0.717, 1.165) is 0 Å². The molecule has 0 amide bonds. The molecule has 8 rings (SSSR count). The molecule has 0 saturated heterocycles. The van der Waals surface area contributed by atoms with Crippen molar-refractivity contribution in [2.75, 3.05) is 0 Å². The summed E-state index contributed by atoms with van der Waals surface area (Å²) in [5, 5.41) is 13.9. The Kier molecular flexibility index (Phi) is 12.2. The van der Waals surface area contributed by atoms with Gasteiger partial charge in [0.15, 0.2) is 0 Å². The topological polar surface area (TPSA) is 0 Å². The van der Waals surface area contributed by atoms with Crippen molar-refractivity contribution in [3.8, 4) is 22.3 Å². The molecule has 0 fully saturated rings. The second-order valence-electron chi connectivity index (χ2n) is 16.2. The van der Waals surface area contributed by atoms with Crippen LogP contribution in [0.4, 0.5) is 0 Å². The Bertz CT molecular complexity index is 2280. The molecule has 4 heteroatoms. The van der Waals surface area contributed by atoms with Gasteiger partial charge in [0.25, 0.3) is 0 Å². The molecule has 8 aromatic carbocycles. The zero-order valence-corrected chi connectivity index (χ0v) is 39.8. The Morgan fingerprint density at radius 2 is 0.722 bits per heavy atom. The van der Waals surface area contributed by atoms with Crippen molar-refractivity contribution in [1.82, 2.24) is 0 Å². The Labute approximate surface area is 346 Å². The minimum absolute atomic E-state index is 0. The first-order chi connectivity index (χ1) is 24.5. The Morgan fingerprint density at radius 1 is 0.370 bits per heavy atom. The standard InChI is InChI=1S/C48H46Si3.2CH3.Hf/c1-49(2,3)39-27-23-35(24-28-39)45-21-13-15-37-31-43(33-47(37)45)51(41-17-9-7-10-18-41,42-19-11-8-12-20-42)44-32-38-16-14-22-46(48(38)34-44)36-25-29-40(30-26-36)50(4,5)6;;;/h7-34H,1-6H3;2*1H3;/q-2;2*-1;+4. The van der Waals surface area contributed by atoms with E-state index in [1.165, 1.54) is 74.9 Å². The molecule has 0 aliphatic carbocycles. The van der Waals surface area contributed by atoms with Gasteiger partial charge in [-0.05, 0) is 21.5 Å². The van der Waals surface area contributed by atoms with Gasteiger partial charge in [0.1, 0.15) is 8.07 Å². The molecule has 268 valence electrons. The Morgan fingerprint density at radius 3 is 1.06 bits per heavy atom. The maximum absolute atomic E-state index is 2.77. The summed E-state index contributed by atoms with van der Waals surface area (Å²) >= 11 is 0. The number of hydrogen-bond donors (Lipinski definition) is 0. The normalized spacial score (nSPS) is 11.8. The third-order valence-corrected chi connectivity index (χ3v) is 19.7. The van der Waals surface area contributed by atoms with Crippen molar-refractivity contribution in [1.29, 1.82) is 0 Å². The minimum atomic E-state index is -2.77. The number of fused-ring (bicyclic) bond motifs is 2. The van der Waals surface area contributed by atoms with E-state index in [9.17, 15) is 0 Å². The quantitative estimate of drug-likeness (QED) is 0.105. The maximum Gasteiger partial charge on any atom is 4.00 e. The average Bonchev–Trinajstić information content (AvgIpc) is 3.78. The monoisotopic (exact) mass is 916 g/mol. The molecule has 0 atom stereocenters. The van der Waals surface area contributed by atoms with Crippen LogP contribution in [0.15, 0.2) is 170 Å². The van der Waals surface area contributed by atoms with Gasteiger partial charge in [-0.3, -0.25) is 0 Å². The number of benzene rings is 6. The summed E-state index contributed by atoms with van der Waals surface area (Å²) in [6, 6.07) is 65.3. The number of hydrogen-bond acceptors (Lipinski definition) is 0. The SMILES string of the molecule is C[Si](C)(C)c1ccc(-c2cccc3[cH-]c([Si](c4ccccc4)(c4ccccc4)c4cc5c(-c6ccc([Si](C)(C)C)cc6)cccc5[cH-]4)cc23)cc1.[CH3-].[CH3-].[Hf+4]. The van der Waals surface area contributed by atoms with E-state index in [1.807, 2.05) is 0 Å². The predicted octanol–water partition coefficient (Wildman–Crippen LogP) is 10.1. The van der Waals surface area contributed by atoms with Gasteiger partial charge in [-0.2, -0.15) is 12.1 Å². The van der Waals surface area contributed by atoms with Crippen molar-refractivity contribution < 1.29 is 25.8 Å². The van der Waals surface area contributed by atoms with Crippen molar-refractivity contribution in [2.24, 2.45) is 0 Å². The summed E-state index contributed by atoms with van der Waals surface area (Å²) in [4.78, 5) is 0. The third kappa shape index (κ3) is 7.38. The van der Waals surface area contributed by atoms with E-state index in [4.69, 9.17) is 0 Å². The van der Waals surface area contributed by atoms with Crippen LogP contribution in [0.3, 0.4) is 0 Å². The van der Waals surface area contributed by atoms with Crippen molar-refractivity contribution >= 4 is 76.9 Å². The van der Waals surface area contributed by atoms with Gasteiger partial charge in [0, 0.05) is 0 Å². The summed E-state index contributed by atoms with van der Waals surface area (Å²) in [5.41, 5.74) is 5.19. The van der Waals surface area contributed by atoms with Gasteiger partial charge in [0.05, 0.1) is 16.1 Å². The van der Waals surface area contributed by atoms with Crippen molar-refractivity contribution in [3.63, 3.8) is 0 Å². The fraction of sp³-hybridized carbons (Fsp3) is 0.120. The second-order valence-corrected chi connectivity index (χ2v) is 30.2. The predicted molar refractivity (Wildman–Crippen MR) is 246 cm³/mol. The van der Waals surface area contributed by atoms with Gasteiger partial charge < -0.3 is 14.9 Å². The first-order valence-electron chi connectivity index (χ1n) is 18.3. The van der Waals surface area contributed by atoms with E-state index in [-0.39, 0.29) is 40.7 Å². The molecular formula is C50H52HfSi3. The smallest absolute Gasteiger partial charge is 0.358 e. The molecule has 0 nitrogen and oxygen atoms in total. The first kappa shape index (κ1) is 41.2. The summed E-state index contributed by atoms with van der Waals surface area (Å²) < 4.78 is 0. The Balaban J connectivity index is 0.00000187. The summed E-state index contributed by atoms with van der Waals surface area (Å²) in [6.45, 7) is 14.5. The molecule has 0 aromatic heterocycles. The zero-order chi connectivity index (χ0) is 35.4. The summed E-state index contributed by atoms with van der Waals surface area (Å²) in [6.07, 6.45) is 0. The van der Waals surface area contributed by atoms with E-state index in [1.54, 1.807) is 0 Å². The van der Waals surface area contributed by atoms with Gasteiger partial charge in [-0.25, -0.2) is 0 Å². The van der Waals surface area contributed by atoms with Gasteiger partial charge in [-0.1, -0.05) is 182 Å². The van der Waals surface area contributed by atoms with E-state index < -0.39 is 24.2 Å². The van der Waals surface area contributed by atoms with Crippen LogP contribution in [-0.2, 0) is 25.8 Å². The molecule has 0 bridgehead atoms. The van der Waals surface area contributed by atoms with E-state index >= 15 is 0 Å². The maximum atomic E-state index is 2.54. The zero-order valence-electron chi connectivity index (χ0n) is 33.2. The number of rotatable bonds is 8. The van der Waals surface area contributed by atoms with Gasteiger partial charge >= 0.3 is 25.8 Å². The molecule has 0 N–H and O–H groups in total. The molecule has 8 aromatic rings. The van der Waals surface area contributed by atoms with E-state index in [2.05, 4.69) is 209 Å². The molecular weight excluding hydrogens is 863 g/mol. The van der Waals surface area contributed by atoms with Crippen LogP contribution in [0.25, 0.3) is 43.8 Å². The minimum Gasteiger partial charge on any atom is -0.358 e. The van der Waals surface area contributed by atoms with Crippen LogP contribution < -0.4 is 31.1 Å². The van der Waals surface area contributed by atoms with Crippen LogP contribution in [0, 0.1) is 14.9 Å². The molecule has 0 aliphatic rings. The third-order valence-electron chi connectivity index (χ3n) is 10.9. The molecule has 54 heavy (non-hydrogen) atoms. The molecule has 0 unspecified atom stereocenters. The summed E-state index contributed by atoms with van der Waals surface area (Å²) in [5.74, 6) is 0. The van der Waals surface area contributed by atoms with Crippen LogP contribution in [0.2, 0.25) is 39.3 Å². The summed E-state index contributed by atoms with van der Waals surface area (Å²) in [7, 11) is -5.55. The van der Waals surface area contributed by atoms with Crippen LogP contribution in [0.1, 0.15) is 0 Å². The largest absolute Gasteiger partial charge is 4.00 e. The molecule has 0 spiro atoms. The van der Waals surface area contributed by atoms with Gasteiger partial charge in [-0.15, -0.1) is 68.3 Å². The second kappa shape index (κ2) is 16.0. The van der Waals surface area contributed by atoms with E-state index in [0.29, 0.717) is 0 Å². The first-order valence-corrected chi connectivity index (χ1v) is 27.3. The van der Waals surface area contributed by atoms with Crippen LogP contribution in [-0.4, -0.2) is 24.2 Å². The fourth-order valence-corrected chi connectivity index (χ4v) is 15.3. The van der Waals surface area contributed by atoms with Gasteiger partial charge in [0.2, 0.25) is 0 Å².